The molecule has 0 spiro atoms. The van der Waals surface area contributed by atoms with Crippen LogP contribution in [0.2, 0.25) is 0 Å². The van der Waals surface area contributed by atoms with E-state index in [1.807, 2.05) is 26.0 Å². The van der Waals surface area contributed by atoms with E-state index < -0.39 is 0 Å². The minimum atomic E-state index is -0.118. The topological polar surface area (TPSA) is 73.6 Å². The molecule has 25 heavy (non-hydrogen) atoms. The largest absolute Gasteiger partial charge is 0.490 e. The molecule has 0 saturated carbocycles. The molecule has 136 valence electrons. The molecule has 1 amide bonds. The van der Waals surface area contributed by atoms with E-state index in [1.165, 1.54) is 0 Å². The first-order chi connectivity index (χ1) is 11.5. The van der Waals surface area contributed by atoms with Gasteiger partial charge in [0.15, 0.2) is 11.5 Å². The number of hydrogen-bond acceptors (Lipinski definition) is 4. The number of rotatable bonds is 7. The number of amides is 1. The minimum absolute atomic E-state index is 0. The Kier molecular flexibility index (Phi) is 8.58. The van der Waals surface area contributed by atoms with Crippen molar-refractivity contribution < 1.29 is 14.3 Å². The van der Waals surface area contributed by atoms with Crippen molar-refractivity contribution in [3.8, 4) is 11.5 Å². The van der Waals surface area contributed by atoms with Crippen LogP contribution in [0.5, 0.6) is 11.5 Å². The number of nitrogens with two attached hydrogens (primary N) is 1. The summed E-state index contributed by atoms with van der Waals surface area (Å²) in [5.74, 6) is 1.13. The van der Waals surface area contributed by atoms with E-state index in [4.69, 9.17) is 15.2 Å². The molecule has 0 unspecified atom stereocenters. The summed E-state index contributed by atoms with van der Waals surface area (Å²) >= 11 is 3.46. The summed E-state index contributed by atoms with van der Waals surface area (Å²) in [5, 5.41) is 2.89. The monoisotopic (exact) mass is 428 g/mol. The first kappa shape index (κ1) is 21.1. The van der Waals surface area contributed by atoms with E-state index >= 15 is 0 Å². The molecule has 3 N–H and O–H groups in total. The van der Waals surface area contributed by atoms with E-state index in [0.29, 0.717) is 36.1 Å². The predicted molar refractivity (Wildman–Crippen MR) is 107 cm³/mol. The molecule has 0 saturated heterocycles. The van der Waals surface area contributed by atoms with E-state index in [0.717, 1.165) is 10.0 Å². The molecule has 0 atom stereocenters. The summed E-state index contributed by atoms with van der Waals surface area (Å²) in [5.41, 5.74) is 7.87. The molecule has 0 bridgehead atoms. The second kappa shape index (κ2) is 10.2. The number of hydrogen-bond donors (Lipinski definition) is 2. The third-order valence-electron chi connectivity index (χ3n) is 3.25. The zero-order chi connectivity index (χ0) is 17.5. The van der Waals surface area contributed by atoms with Gasteiger partial charge in [0.2, 0.25) is 5.91 Å². The van der Waals surface area contributed by atoms with Crippen molar-refractivity contribution in [2.75, 3.05) is 24.3 Å². The highest BCUT2D eigenvalue weighted by molar-refractivity contribution is 9.10. The van der Waals surface area contributed by atoms with Crippen LogP contribution in [-0.4, -0.2) is 19.1 Å². The van der Waals surface area contributed by atoms with Crippen molar-refractivity contribution in [1.82, 2.24) is 0 Å². The molecule has 7 heteroatoms. The Bertz CT molecular complexity index is 708. The molecular formula is C18H22BrClN2O3. The molecule has 0 aliphatic rings. The van der Waals surface area contributed by atoms with Crippen LogP contribution in [0.1, 0.15) is 19.4 Å². The van der Waals surface area contributed by atoms with Gasteiger partial charge in [-0.05, 0) is 47.5 Å². The summed E-state index contributed by atoms with van der Waals surface area (Å²) < 4.78 is 11.9. The SMILES string of the molecule is CCOc1cc(Br)c(NC(=O)Cc2ccc(N)cc2)cc1OCC.Cl. The number of carbonyl (C=O) groups is 1. The molecule has 0 aliphatic heterocycles. The summed E-state index contributed by atoms with van der Waals surface area (Å²) in [6, 6.07) is 10.8. The molecule has 0 aliphatic carbocycles. The lowest BCUT2D eigenvalue weighted by atomic mass is 10.1. The molecule has 5 nitrogen and oxygen atoms in total. The number of benzene rings is 2. The maximum absolute atomic E-state index is 12.3. The smallest absolute Gasteiger partial charge is 0.228 e. The Labute approximate surface area is 162 Å². The Hall–Kier alpha value is -1.92. The summed E-state index contributed by atoms with van der Waals surface area (Å²) in [6.45, 7) is 4.86. The Morgan fingerprint density at radius 1 is 1.08 bits per heavy atom. The number of nitrogen functional groups attached to an aromatic ring is 1. The molecule has 2 rings (SSSR count). The van der Waals surface area contributed by atoms with Crippen LogP contribution in [0.4, 0.5) is 11.4 Å². The second-order valence-corrected chi connectivity index (χ2v) is 5.97. The quantitative estimate of drug-likeness (QED) is 0.639. The van der Waals surface area contributed by atoms with Crippen molar-refractivity contribution in [3.05, 3.63) is 46.4 Å². The maximum Gasteiger partial charge on any atom is 0.228 e. The normalized spacial score (nSPS) is 9.88. The number of anilines is 2. The summed E-state index contributed by atoms with van der Waals surface area (Å²) in [4.78, 5) is 12.3. The molecule has 2 aromatic rings. The van der Waals surface area contributed by atoms with Gasteiger partial charge in [-0.25, -0.2) is 0 Å². The van der Waals surface area contributed by atoms with Crippen LogP contribution in [0.15, 0.2) is 40.9 Å². The third-order valence-corrected chi connectivity index (χ3v) is 3.91. The number of ether oxygens (including phenoxy) is 2. The molecule has 0 radical (unpaired) electrons. The molecule has 0 aromatic heterocycles. The number of halogens is 2. The van der Waals surface area contributed by atoms with Crippen LogP contribution < -0.4 is 20.5 Å². The van der Waals surface area contributed by atoms with E-state index in [2.05, 4.69) is 21.2 Å². The lowest BCUT2D eigenvalue weighted by Crippen LogP contribution is -2.15. The fraction of sp³-hybridized carbons (Fsp3) is 0.278. The van der Waals surface area contributed by atoms with Crippen LogP contribution in [0.25, 0.3) is 0 Å². The van der Waals surface area contributed by atoms with E-state index in [9.17, 15) is 4.79 Å². The van der Waals surface area contributed by atoms with Crippen LogP contribution >= 0.6 is 28.3 Å². The molecular weight excluding hydrogens is 408 g/mol. The fourth-order valence-corrected chi connectivity index (χ4v) is 2.60. The van der Waals surface area contributed by atoms with Gasteiger partial charge in [-0.3, -0.25) is 4.79 Å². The van der Waals surface area contributed by atoms with Gasteiger partial charge in [-0.15, -0.1) is 12.4 Å². The van der Waals surface area contributed by atoms with Crippen LogP contribution in [0.3, 0.4) is 0 Å². The molecule has 0 fully saturated rings. The molecule has 0 heterocycles. The van der Waals surface area contributed by atoms with Crippen molar-refractivity contribution in [2.24, 2.45) is 0 Å². The van der Waals surface area contributed by atoms with Crippen molar-refractivity contribution in [1.29, 1.82) is 0 Å². The Balaban J connectivity index is 0.00000312. The zero-order valence-corrected chi connectivity index (χ0v) is 16.6. The van der Waals surface area contributed by atoms with Gasteiger partial charge in [-0.1, -0.05) is 12.1 Å². The second-order valence-electron chi connectivity index (χ2n) is 5.11. The van der Waals surface area contributed by atoms with Crippen LogP contribution in [0, 0.1) is 0 Å². The maximum atomic E-state index is 12.3. The Morgan fingerprint density at radius 2 is 1.64 bits per heavy atom. The van der Waals surface area contributed by atoms with Crippen molar-refractivity contribution >= 4 is 45.6 Å². The van der Waals surface area contributed by atoms with Gasteiger partial charge < -0.3 is 20.5 Å². The first-order valence-electron chi connectivity index (χ1n) is 7.76. The average molecular weight is 430 g/mol. The first-order valence-corrected chi connectivity index (χ1v) is 8.56. The van der Waals surface area contributed by atoms with Crippen LogP contribution in [-0.2, 0) is 11.2 Å². The van der Waals surface area contributed by atoms with Gasteiger partial charge in [-0.2, -0.15) is 0 Å². The van der Waals surface area contributed by atoms with Crippen molar-refractivity contribution in [3.63, 3.8) is 0 Å². The van der Waals surface area contributed by atoms with Gasteiger partial charge in [0.05, 0.1) is 25.3 Å². The number of nitrogens with one attached hydrogen (secondary N) is 1. The van der Waals surface area contributed by atoms with E-state index in [1.54, 1.807) is 24.3 Å². The Morgan fingerprint density at radius 3 is 2.20 bits per heavy atom. The summed E-state index contributed by atoms with van der Waals surface area (Å²) in [7, 11) is 0. The van der Waals surface area contributed by atoms with Gasteiger partial charge in [0.1, 0.15) is 0 Å². The average Bonchev–Trinajstić information content (AvgIpc) is 2.54. The summed E-state index contributed by atoms with van der Waals surface area (Å²) in [6.07, 6.45) is 0.268. The van der Waals surface area contributed by atoms with Crippen molar-refractivity contribution in [2.45, 2.75) is 20.3 Å². The third kappa shape index (κ3) is 6.14. The number of carbonyl (C=O) groups excluding carboxylic acids is 1. The standard InChI is InChI=1S/C18H21BrN2O3.ClH/c1-3-23-16-10-14(19)15(11-17(16)24-4-2)21-18(22)9-12-5-7-13(20)8-6-12;/h5-8,10-11H,3-4,9,20H2,1-2H3,(H,21,22);1H. The highest BCUT2D eigenvalue weighted by atomic mass is 79.9. The minimum Gasteiger partial charge on any atom is -0.490 e. The van der Waals surface area contributed by atoms with Gasteiger partial charge in [0, 0.05) is 22.3 Å². The lowest BCUT2D eigenvalue weighted by Gasteiger charge is -2.15. The fourth-order valence-electron chi connectivity index (χ4n) is 2.18. The molecule has 2 aromatic carbocycles. The highest BCUT2D eigenvalue weighted by Crippen LogP contribution is 2.36. The lowest BCUT2D eigenvalue weighted by molar-refractivity contribution is -0.115. The zero-order valence-electron chi connectivity index (χ0n) is 14.2. The highest BCUT2D eigenvalue weighted by Gasteiger charge is 2.13. The van der Waals surface area contributed by atoms with Gasteiger partial charge >= 0.3 is 0 Å². The van der Waals surface area contributed by atoms with E-state index in [-0.39, 0.29) is 24.7 Å². The van der Waals surface area contributed by atoms with Gasteiger partial charge in [0.25, 0.3) is 0 Å². The predicted octanol–water partition coefficient (Wildman–Crippen LogP) is 4.43.